The number of amides is 2. The van der Waals surface area contributed by atoms with E-state index in [4.69, 9.17) is 4.74 Å². The molecular weight excluding hydrogens is 719 g/mol. The number of aromatic nitrogens is 1. The largest absolute Gasteiger partial charge is 0.481 e. The minimum absolute atomic E-state index is 0.0163. The van der Waals surface area contributed by atoms with Crippen LogP contribution in [0.4, 0.5) is 0 Å². The minimum Gasteiger partial charge on any atom is -0.481 e. The number of hydrogen-bond donors (Lipinski definition) is 3. The lowest BCUT2D eigenvalue weighted by Crippen LogP contribution is -2.68. The van der Waals surface area contributed by atoms with Gasteiger partial charge in [-0.1, -0.05) is 62.3 Å². The highest BCUT2D eigenvalue weighted by molar-refractivity contribution is 6.03. The van der Waals surface area contributed by atoms with Gasteiger partial charge in [0, 0.05) is 23.7 Å². The number of hydrogen-bond acceptors (Lipinski definition) is 7. The minimum atomic E-state index is -1.24. The monoisotopic (exact) mass is 788 g/mol. The molecule has 0 unspecified atom stereocenters. The number of Topliss-reactive ketones (excluding diaryl/α,β-unsaturated/α-hetero) is 1. The van der Waals surface area contributed by atoms with Crippen molar-refractivity contribution in [3.05, 3.63) is 40.7 Å². The fourth-order valence-electron chi connectivity index (χ4n) is 13.4. The van der Waals surface area contributed by atoms with Crippen LogP contribution in [-0.2, 0) is 23.9 Å². The van der Waals surface area contributed by atoms with Gasteiger partial charge in [-0.2, -0.15) is 0 Å². The quantitative estimate of drug-likeness (QED) is 0.200. The second kappa shape index (κ2) is 14.3. The van der Waals surface area contributed by atoms with Crippen molar-refractivity contribution in [3.63, 3.8) is 0 Å². The molecule has 314 valence electrons. The molecule has 2 amide bonds. The maximum atomic E-state index is 14.3. The molecule has 5 aliphatic carbocycles. The molecule has 0 aliphatic heterocycles. The van der Waals surface area contributed by atoms with E-state index >= 15 is 0 Å². The van der Waals surface area contributed by atoms with Crippen molar-refractivity contribution in [2.45, 2.75) is 171 Å². The summed E-state index contributed by atoms with van der Waals surface area (Å²) in [7, 11) is 0. The highest BCUT2D eigenvalue weighted by Crippen LogP contribution is 2.76. The van der Waals surface area contributed by atoms with E-state index in [-0.39, 0.29) is 82.4 Å². The SMILES string of the molecule is Cc1ccc(C(=O)NC(C)(C)C(=O)N[C@@]23CC[C@]4(C)[C@H](CC[C@@H]5[C@@]6(C)CC[C@H](OC(=O)CC(C)(C)CC(=O)O)C(C)(C)[C@@H]6CC[C@]54C)C2=C(C(C)C)C(=O)C3)cn1. The first-order valence-corrected chi connectivity index (χ1v) is 21.5. The molecule has 8 atom stereocenters. The first-order valence-electron chi connectivity index (χ1n) is 21.5. The Hall–Kier alpha value is -3.56. The van der Waals surface area contributed by atoms with Crippen LogP contribution >= 0.6 is 0 Å². The van der Waals surface area contributed by atoms with Crippen LogP contribution in [0, 0.1) is 57.7 Å². The van der Waals surface area contributed by atoms with Crippen LogP contribution in [0.15, 0.2) is 29.5 Å². The Morgan fingerprint density at radius 2 is 1.58 bits per heavy atom. The Kier molecular flexibility index (Phi) is 10.8. The Bertz CT molecular complexity index is 1860. The van der Waals surface area contributed by atoms with Crippen LogP contribution in [0.1, 0.15) is 163 Å². The summed E-state index contributed by atoms with van der Waals surface area (Å²) in [6.45, 7) is 25.1. The van der Waals surface area contributed by atoms with Gasteiger partial charge < -0.3 is 20.5 Å². The van der Waals surface area contributed by atoms with Gasteiger partial charge >= 0.3 is 11.9 Å². The molecule has 4 fully saturated rings. The van der Waals surface area contributed by atoms with E-state index in [1.165, 1.54) is 6.20 Å². The standard InChI is InChI=1S/C47H69N3O7/c1-27(2)37-31(51)23-47(50-40(56)43(8,9)49-39(55)29-14-13-28(3)48-26-29)22-21-45(11)30(38(37)47)15-16-33-44(10)19-18-34(42(6,7)32(44)17-20-46(33,45)12)57-36(54)25-41(4,5)24-35(52)53/h13-14,26-27,30,32-34H,15-25H2,1-12H3,(H,49,55)(H,50,56)(H,52,53)/t30-,32+,33-,34+,44+,45-,46-,47-/m1/s1. The third kappa shape index (κ3) is 7.17. The van der Waals surface area contributed by atoms with Crippen molar-refractivity contribution in [2.24, 2.45) is 50.7 Å². The molecule has 10 nitrogen and oxygen atoms in total. The molecule has 1 aromatic heterocycles. The highest BCUT2D eigenvalue weighted by Gasteiger charge is 2.70. The van der Waals surface area contributed by atoms with Gasteiger partial charge in [-0.05, 0) is 141 Å². The number of carboxylic acids is 1. The van der Waals surface area contributed by atoms with E-state index in [0.717, 1.165) is 61.8 Å². The summed E-state index contributed by atoms with van der Waals surface area (Å²) in [6, 6.07) is 3.48. The molecule has 0 saturated heterocycles. The van der Waals surface area contributed by atoms with Crippen molar-refractivity contribution in [3.8, 4) is 0 Å². The van der Waals surface area contributed by atoms with Gasteiger partial charge in [-0.15, -0.1) is 0 Å². The molecule has 6 rings (SSSR count). The molecule has 1 heterocycles. The van der Waals surface area contributed by atoms with Gasteiger partial charge in [0.25, 0.3) is 5.91 Å². The predicted molar refractivity (Wildman–Crippen MR) is 219 cm³/mol. The average molecular weight is 788 g/mol. The average Bonchev–Trinajstić information content (AvgIpc) is 3.37. The first-order chi connectivity index (χ1) is 26.2. The number of fused-ring (bicyclic) bond motifs is 7. The number of pyridine rings is 1. The van der Waals surface area contributed by atoms with Gasteiger partial charge in [-0.25, -0.2) is 0 Å². The van der Waals surface area contributed by atoms with Gasteiger partial charge in [-0.3, -0.25) is 29.0 Å². The normalized spacial score (nSPS) is 34.7. The van der Waals surface area contributed by atoms with E-state index < -0.39 is 22.5 Å². The van der Waals surface area contributed by atoms with Crippen molar-refractivity contribution >= 4 is 29.5 Å². The first kappa shape index (κ1) is 43.0. The summed E-state index contributed by atoms with van der Waals surface area (Å²) < 4.78 is 6.26. The molecule has 57 heavy (non-hydrogen) atoms. The third-order valence-corrected chi connectivity index (χ3v) is 16.4. The zero-order chi connectivity index (χ0) is 42.3. The topological polar surface area (TPSA) is 152 Å². The van der Waals surface area contributed by atoms with Crippen molar-refractivity contribution < 1.29 is 33.8 Å². The maximum absolute atomic E-state index is 14.3. The number of ketones is 1. The number of aliphatic carboxylic acids is 1. The smallest absolute Gasteiger partial charge is 0.306 e. The fraction of sp³-hybridized carbons (Fsp3) is 0.745. The Labute approximate surface area is 340 Å². The van der Waals surface area contributed by atoms with Gasteiger partial charge in [0.15, 0.2) is 5.78 Å². The van der Waals surface area contributed by atoms with E-state index in [1.807, 2.05) is 6.92 Å². The highest BCUT2D eigenvalue weighted by atomic mass is 16.5. The molecule has 3 N–H and O–H groups in total. The van der Waals surface area contributed by atoms with Crippen molar-refractivity contribution in [1.29, 1.82) is 0 Å². The lowest BCUT2D eigenvalue weighted by molar-refractivity contribution is -0.232. The summed E-state index contributed by atoms with van der Waals surface area (Å²) in [5, 5.41) is 15.7. The Morgan fingerprint density at radius 1 is 0.895 bits per heavy atom. The molecule has 0 radical (unpaired) electrons. The molecule has 4 saturated carbocycles. The van der Waals surface area contributed by atoms with Crippen LogP contribution in [0.25, 0.3) is 0 Å². The van der Waals surface area contributed by atoms with Gasteiger partial charge in [0.2, 0.25) is 5.91 Å². The van der Waals surface area contributed by atoms with Gasteiger partial charge in [0.05, 0.1) is 23.9 Å². The number of carbonyl (C=O) groups is 5. The fourth-order valence-corrected chi connectivity index (χ4v) is 13.4. The molecule has 0 bridgehead atoms. The lowest BCUT2D eigenvalue weighted by Gasteiger charge is -2.72. The molecule has 0 spiro atoms. The number of rotatable bonds is 10. The zero-order valence-electron chi connectivity index (χ0n) is 36.7. The molecule has 5 aliphatic rings. The number of aryl methyl sites for hydroxylation is 1. The van der Waals surface area contributed by atoms with Gasteiger partial charge in [0.1, 0.15) is 11.6 Å². The zero-order valence-corrected chi connectivity index (χ0v) is 36.7. The van der Waals surface area contributed by atoms with Crippen LogP contribution in [0.2, 0.25) is 0 Å². The Morgan fingerprint density at radius 3 is 2.19 bits per heavy atom. The third-order valence-electron chi connectivity index (χ3n) is 16.4. The number of esters is 1. The number of carboxylic acid groups (broad SMARTS) is 1. The van der Waals surface area contributed by atoms with Crippen LogP contribution < -0.4 is 10.6 Å². The van der Waals surface area contributed by atoms with Crippen LogP contribution in [0.5, 0.6) is 0 Å². The van der Waals surface area contributed by atoms with Crippen molar-refractivity contribution in [1.82, 2.24) is 15.6 Å². The molecule has 1 aromatic rings. The number of nitrogens with one attached hydrogen (secondary N) is 2. The summed E-state index contributed by atoms with van der Waals surface area (Å²) in [5.41, 5.74) is 0.136. The summed E-state index contributed by atoms with van der Waals surface area (Å²) in [5.74, 6) is -0.851. The second-order valence-corrected chi connectivity index (χ2v) is 21.8. The number of nitrogens with zero attached hydrogens (tertiary/aromatic N) is 1. The van der Waals surface area contributed by atoms with E-state index in [1.54, 1.807) is 39.8 Å². The molecule has 10 heteroatoms. The van der Waals surface area contributed by atoms with Crippen LogP contribution in [-0.4, -0.2) is 56.8 Å². The van der Waals surface area contributed by atoms with Crippen LogP contribution in [0.3, 0.4) is 0 Å². The number of ether oxygens (including phenoxy) is 1. The summed E-state index contributed by atoms with van der Waals surface area (Å²) in [4.78, 5) is 70.7. The van der Waals surface area contributed by atoms with Crippen molar-refractivity contribution in [2.75, 3.05) is 0 Å². The van der Waals surface area contributed by atoms with E-state index in [9.17, 15) is 29.1 Å². The lowest BCUT2D eigenvalue weighted by atomic mass is 9.33. The molecule has 0 aromatic carbocycles. The summed E-state index contributed by atoms with van der Waals surface area (Å²) in [6.07, 6.45) is 8.81. The van der Waals surface area contributed by atoms with E-state index in [2.05, 4.69) is 64.1 Å². The van der Waals surface area contributed by atoms with E-state index in [0.29, 0.717) is 23.8 Å². The number of carbonyl (C=O) groups excluding carboxylic acids is 4. The summed E-state index contributed by atoms with van der Waals surface area (Å²) >= 11 is 0. The molecular formula is C47H69N3O7. The maximum Gasteiger partial charge on any atom is 0.306 e. The predicted octanol–water partition coefficient (Wildman–Crippen LogP) is 8.55. The number of allylic oxidation sites excluding steroid dienone is 1. The Balaban J connectivity index is 1.26. The second-order valence-electron chi connectivity index (χ2n) is 21.8.